The van der Waals surface area contributed by atoms with Gasteiger partial charge in [0.05, 0.1) is 11.2 Å². The maximum atomic E-state index is 14.7. The molecule has 0 aliphatic heterocycles. The summed E-state index contributed by atoms with van der Waals surface area (Å²) in [5.74, 6) is 0.283. The van der Waals surface area contributed by atoms with Gasteiger partial charge in [0.2, 0.25) is 0 Å². The number of hydrogen-bond acceptors (Lipinski definition) is 4. The molecule has 0 aliphatic rings. The molecule has 2 aromatic heterocycles. The number of nitrogens with one attached hydrogen (secondary N) is 3. The summed E-state index contributed by atoms with van der Waals surface area (Å²) in [6.07, 6.45) is 3.32. The highest BCUT2D eigenvalue weighted by Gasteiger charge is 2.16. The average Bonchev–Trinajstić information content (AvgIpc) is 2.73. The summed E-state index contributed by atoms with van der Waals surface area (Å²) >= 11 is 0. The third-order valence-corrected chi connectivity index (χ3v) is 5.38. The van der Waals surface area contributed by atoms with E-state index in [1.165, 1.54) is 6.07 Å². The predicted octanol–water partition coefficient (Wildman–Crippen LogP) is 6.33. The Kier molecular flexibility index (Phi) is 8.61. The molecule has 1 aromatic carbocycles. The van der Waals surface area contributed by atoms with Gasteiger partial charge in [-0.2, -0.15) is 0 Å². The summed E-state index contributed by atoms with van der Waals surface area (Å²) in [5, 5.41) is 9.39. The van der Waals surface area contributed by atoms with Crippen LogP contribution < -0.4 is 16.0 Å². The summed E-state index contributed by atoms with van der Waals surface area (Å²) in [7, 11) is 1.82. The number of nitrogens with zero attached hydrogens (tertiary/aromatic N) is 2. The molecule has 6 nitrogen and oxygen atoms in total. The molecule has 3 N–H and O–H groups in total. The van der Waals surface area contributed by atoms with Gasteiger partial charge in [0, 0.05) is 42.5 Å². The minimum absolute atomic E-state index is 0. The van der Waals surface area contributed by atoms with Gasteiger partial charge in [-0.3, -0.25) is 4.98 Å². The Morgan fingerprint density at radius 2 is 1.85 bits per heavy atom. The molecule has 0 fully saturated rings. The third kappa shape index (κ3) is 6.54. The normalized spacial score (nSPS) is 11.1. The molecule has 33 heavy (non-hydrogen) atoms. The molecular weight excluding hydrogens is 441 g/mol. The minimum atomic E-state index is -0.468. The summed E-state index contributed by atoms with van der Waals surface area (Å²) in [5.41, 5.74) is 4.52. The van der Waals surface area contributed by atoms with Crippen molar-refractivity contribution >= 4 is 40.8 Å². The Labute approximate surface area is 201 Å². The number of anilines is 2. The van der Waals surface area contributed by atoms with Crippen molar-refractivity contribution in [1.29, 1.82) is 0 Å². The standard InChI is InChI=1S/C25H32FN5O.ClH/c1-7-20-18(11-16-14-29-23(27-6)13-21(16)30-20)17-12-22(19(26)10-15(17)2)31-24(32)28-9-8-25(3,4)5;/h10-14H,7-9H2,1-6H3,(H,27,29)(H2,28,31,32);1H. The molecule has 0 spiro atoms. The largest absolute Gasteiger partial charge is 0.373 e. The van der Waals surface area contributed by atoms with Crippen LogP contribution in [0.2, 0.25) is 0 Å². The smallest absolute Gasteiger partial charge is 0.319 e. The van der Waals surface area contributed by atoms with E-state index in [4.69, 9.17) is 4.98 Å². The van der Waals surface area contributed by atoms with Gasteiger partial charge in [0.25, 0.3) is 0 Å². The van der Waals surface area contributed by atoms with E-state index < -0.39 is 11.8 Å². The van der Waals surface area contributed by atoms with Gasteiger partial charge in [-0.05, 0) is 54.5 Å². The van der Waals surface area contributed by atoms with E-state index in [9.17, 15) is 9.18 Å². The van der Waals surface area contributed by atoms with Crippen LogP contribution in [0.15, 0.2) is 30.5 Å². The van der Waals surface area contributed by atoms with Crippen LogP contribution in [0.4, 0.5) is 20.7 Å². The Hall–Kier alpha value is -2.93. The lowest BCUT2D eigenvalue weighted by Crippen LogP contribution is -2.31. The molecule has 2 amide bonds. The van der Waals surface area contributed by atoms with E-state index >= 15 is 0 Å². The number of pyridine rings is 2. The molecule has 8 heteroatoms. The zero-order valence-electron chi connectivity index (χ0n) is 20.1. The van der Waals surface area contributed by atoms with Crippen molar-refractivity contribution in [3.8, 4) is 11.1 Å². The van der Waals surface area contributed by atoms with Gasteiger partial charge in [-0.25, -0.2) is 14.2 Å². The first-order chi connectivity index (χ1) is 15.1. The first-order valence-electron chi connectivity index (χ1n) is 10.9. The zero-order chi connectivity index (χ0) is 23.5. The maximum absolute atomic E-state index is 14.7. The Balaban J connectivity index is 0.00000385. The molecule has 3 rings (SSSR count). The number of aryl methyl sites for hydroxylation is 2. The van der Waals surface area contributed by atoms with Crippen LogP contribution in [0, 0.1) is 18.2 Å². The number of carbonyl (C=O) groups is 1. The number of aromatic nitrogens is 2. The van der Waals surface area contributed by atoms with Crippen molar-refractivity contribution in [2.75, 3.05) is 24.2 Å². The van der Waals surface area contributed by atoms with Gasteiger partial charge in [0.1, 0.15) is 11.6 Å². The fourth-order valence-electron chi connectivity index (χ4n) is 3.52. The second kappa shape index (κ2) is 10.8. The van der Waals surface area contributed by atoms with E-state index in [0.717, 1.165) is 51.9 Å². The number of halogens is 2. The van der Waals surface area contributed by atoms with Crippen molar-refractivity contribution in [2.24, 2.45) is 5.41 Å². The van der Waals surface area contributed by atoms with Gasteiger partial charge < -0.3 is 16.0 Å². The summed E-state index contributed by atoms with van der Waals surface area (Å²) in [6, 6.07) is 6.66. The lowest BCUT2D eigenvalue weighted by Gasteiger charge is -2.18. The Morgan fingerprint density at radius 3 is 2.48 bits per heavy atom. The predicted molar refractivity (Wildman–Crippen MR) is 137 cm³/mol. The molecule has 0 atom stereocenters. The highest BCUT2D eigenvalue weighted by atomic mass is 35.5. The topological polar surface area (TPSA) is 78.9 Å². The molecule has 178 valence electrons. The van der Waals surface area contributed by atoms with Crippen molar-refractivity contribution < 1.29 is 9.18 Å². The lowest BCUT2D eigenvalue weighted by atomic mass is 9.92. The van der Waals surface area contributed by atoms with Gasteiger partial charge in [-0.15, -0.1) is 12.4 Å². The fourth-order valence-corrected chi connectivity index (χ4v) is 3.52. The second-order valence-corrected chi connectivity index (χ2v) is 9.19. The molecule has 0 bridgehead atoms. The van der Waals surface area contributed by atoms with Crippen LogP contribution in [0.5, 0.6) is 0 Å². The molecule has 3 aromatic rings. The number of hydrogen-bond donors (Lipinski definition) is 3. The van der Waals surface area contributed by atoms with Gasteiger partial charge >= 0.3 is 6.03 Å². The van der Waals surface area contributed by atoms with Crippen LogP contribution in [-0.2, 0) is 6.42 Å². The first kappa shape index (κ1) is 26.3. The molecule has 0 saturated carbocycles. The molecule has 2 heterocycles. The highest BCUT2D eigenvalue weighted by Crippen LogP contribution is 2.33. The fraction of sp³-hybridized carbons (Fsp3) is 0.400. The molecule has 0 unspecified atom stereocenters. The van der Waals surface area contributed by atoms with Gasteiger partial charge in [-0.1, -0.05) is 27.7 Å². The summed E-state index contributed by atoms with van der Waals surface area (Å²) < 4.78 is 14.7. The third-order valence-electron chi connectivity index (χ3n) is 5.38. The van der Waals surface area contributed by atoms with Gasteiger partial charge in [0.15, 0.2) is 0 Å². The van der Waals surface area contributed by atoms with Crippen molar-refractivity contribution in [3.63, 3.8) is 0 Å². The first-order valence-corrected chi connectivity index (χ1v) is 10.9. The van der Waals surface area contributed by atoms with E-state index in [1.807, 2.05) is 33.0 Å². The minimum Gasteiger partial charge on any atom is -0.373 e. The van der Waals surface area contributed by atoms with Crippen molar-refractivity contribution in [2.45, 2.75) is 47.5 Å². The van der Waals surface area contributed by atoms with Crippen LogP contribution in [0.3, 0.4) is 0 Å². The number of benzene rings is 1. The number of fused-ring (bicyclic) bond motifs is 1. The molecule has 0 aliphatic carbocycles. The second-order valence-electron chi connectivity index (χ2n) is 9.19. The quantitative estimate of drug-likeness (QED) is 0.391. The summed E-state index contributed by atoms with van der Waals surface area (Å²) in [6.45, 7) is 10.7. The lowest BCUT2D eigenvalue weighted by molar-refractivity contribution is 0.250. The SMILES string of the molecule is CCc1nc2cc(NC)ncc2cc1-c1cc(NC(=O)NCCC(C)(C)C)c(F)cc1C.Cl. The van der Waals surface area contributed by atoms with Crippen LogP contribution in [-0.4, -0.2) is 29.6 Å². The van der Waals surface area contributed by atoms with Crippen LogP contribution in [0.1, 0.15) is 45.4 Å². The summed E-state index contributed by atoms with van der Waals surface area (Å²) in [4.78, 5) is 21.5. The highest BCUT2D eigenvalue weighted by molar-refractivity contribution is 5.92. The number of urea groups is 1. The molecule has 0 radical (unpaired) electrons. The van der Waals surface area contributed by atoms with Crippen LogP contribution >= 0.6 is 12.4 Å². The number of carbonyl (C=O) groups excluding carboxylic acids is 1. The molecular formula is C25H33ClFN5O. The monoisotopic (exact) mass is 473 g/mol. The van der Waals surface area contributed by atoms with Crippen molar-refractivity contribution in [1.82, 2.24) is 15.3 Å². The zero-order valence-corrected chi connectivity index (χ0v) is 20.9. The van der Waals surface area contributed by atoms with Crippen LogP contribution in [0.25, 0.3) is 22.0 Å². The van der Waals surface area contributed by atoms with Crippen molar-refractivity contribution in [3.05, 3.63) is 47.5 Å². The number of rotatable bonds is 6. The maximum Gasteiger partial charge on any atom is 0.319 e. The van der Waals surface area contributed by atoms with E-state index in [0.29, 0.717) is 6.54 Å². The Morgan fingerprint density at radius 1 is 1.12 bits per heavy atom. The molecule has 0 saturated heterocycles. The Bertz CT molecular complexity index is 1140. The van der Waals surface area contributed by atoms with E-state index in [-0.39, 0.29) is 23.5 Å². The van der Waals surface area contributed by atoms with E-state index in [2.05, 4.69) is 41.7 Å². The van der Waals surface area contributed by atoms with E-state index in [1.54, 1.807) is 12.3 Å². The average molecular weight is 474 g/mol. The number of amides is 2.